The summed E-state index contributed by atoms with van der Waals surface area (Å²) in [5.74, 6) is -0.551. The highest BCUT2D eigenvalue weighted by Gasteiger charge is 2.35. The van der Waals surface area contributed by atoms with Crippen LogP contribution in [0.15, 0.2) is 22.7 Å². The molecule has 1 aliphatic rings. The van der Waals surface area contributed by atoms with Crippen LogP contribution in [-0.4, -0.2) is 48.2 Å². The van der Waals surface area contributed by atoms with Crippen molar-refractivity contribution in [2.75, 3.05) is 19.7 Å². The third-order valence-corrected chi connectivity index (χ3v) is 4.20. The van der Waals surface area contributed by atoms with E-state index < -0.39 is 35.9 Å². The zero-order valence-corrected chi connectivity index (χ0v) is 16.6. The van der Waals surface area contributed by atoms with Gasteiger partial charge in [-0.05, 0) is 39.0 Å². The Hall–Kier alpha value is -1.97. The molecule has 0 radical (unpaired) electrons. The van der Waals surface area contributed by atoms with Gasteiger partial charge in [0.1, 0.15) is 11.4 Å². The standard InChI is InChI=1S/C17H20BrF3N2O4/c1-16(2,3)27-15(25)23-7-10(8-23)22-14(24)9-26-11-4-5-13(18)12(6-11)17(19,20)21/h4-6,10H,7-9H2,1-3H3,(H,22,24). The molecule has 27 heavy (non-hydrogen) atoms. The Balaban J connectivity index is 1.78. The number of hydrogen-bond donors (Lipinski definition) is 1. The number of nitrogens with one attached hydrogen (secondary N) is 1. The Morgan fingerprint density at radius 3 is 2.44 bits per heavy atom. The fourth-order valence-corrected chi connectivity index (χ4v) is 2.75. The lowest BCUT2D eigenvalue weighted by molar-refractivity contribution is -0.138. The van der Waals surface area contributed by atoms with Gasteiger partial charge in [-0.2, -0.15) is 13.2 Å². The van der Waals surface area contributed by atoms with E-state index in [0.29, 0.717) is 13.1 Å². The van der Waals surface area contributed by atoms with Crippen molar-refractivity contribution in [1.29, 1.82) is 0 Å². The van der Waals surface area contributed by atoms with E-state index >= 15 is 0 Å². The second kappa shape index (κ2) is 7.95. The number of hydrogen-bond acceptors (Lipinski definition) is 4. The SMILES string of the molecule is CC(C)(C)OC(=O)N1CC(NC(=O)COc2ccc(Br)c(C(F)(F)F)c2)C1. The maximum Gasteiger partial charge on any atom is 0.417 e. The number of nitrogens with zero attached hydrogens (tertiary/aromatic N) is 1. The van der Waals surface area contributed by atoms with Crippen molar-refractivity contribution < 1.29 is 32.2 Å². The van der Waals surface area contributed by atoms with Crippen LogP contribution in [0.3, 0.4) is 0 Å². The molecule has 0 spiro atoms. The first-order valence-electron chi connectivity index (χ1n) is 8.12. The van der Waals surface area contributed by atoms with E-state index in [-0.39, 0.29) is 16.3 Å². The summed E-state index contributed by atoms with van der Waals surface area (Å²) < 4.78 is 48.8. The molecule has 0 unspecified atom stereocenters. The summed E-state index contributed by atoms with van der Waals surface area (Å²) in [6.07, 6.45) is -4.99. The maximum absolute atomic E-state index is 12.9. The molecule has 6 nitrogen and oxygen atoms in total. The Bertz CT molecular complexity index is 713. The molecule has 1 fully saturated rings. The van der Waals surface area contributed by atoms with Crippen LogP contribution in [-0.2, 0) is 15.7 Å². The first-order chi connectivity index (χ1) is 12.3. The van der Waals surface area contributed by atoms with Gasteiger partial charge in [0.2, 0.25) is 0 Å². The number of carbonyl (C=O) groups is 2. The van der Waals surface area contributed by atoms with E-state index in [1.165, 1.54) is 17.0 Å². The lowest BCUT2D eigenvalue weighted by Gasteiger charge is -2.39. The fourth-order valence-electron chi connectivity index (χ4n) is 2.28. The Kier molecular flexibility index (Phi) is 6.28. The minimum Gasteiger partial charge on any atom is -0.484 e. The van der Waals surface area contributed by atoms with Gasteiger partial charge < -0.3 is 19.7 Å². The van der Waals surface area contributed by atoms with Crippen molar-refractivity contribution in [3.8, 4) is 5.75 Å². The molecule has 0 aliphatic carbocycles. The fraction of sp³-hybridized carbons (Fsp3) is 0.529. The molecule has 1 saturated heterocycles. The summed E-state index contributed by atoms with van der Waals surface area (Å²) in [5.41, 5.74) is -1.48. The van der Waals surface area contributed by atoms with Gasteiger partial charge >= 0.3 is 12.3 Å². The van der Waals surface area contributed by atoms with E-state index in [4.69, 9.17) is 9.47 Å². The summed E-state index contributed by atoms with van der Waals surface area (Å²) in [6, 6.07) is 3.12. The van der Waals surface area contributed by atoms with Crippen LogP contribution in [0.4, 0.5) is 18.0 Å². The normalized spacial score (nSPS) is 15.1. The topological polar surface area (TPSA) is 67.9 Å². The van der Waals surface area contributed by atoms with E-state index in [0.717, 1.165) is 6.07 Å². The van der Waals surface area contributed by atoms with Gasteiger partial charge in [0.25, 0.3) is 5.91 Å². The zero-order valence-electron chi connectivity index (χ0n) is 15.0. The molecule has 2 amide bonds. The maximum atomic E-state index is 12.9. The van der Waals surface area contributed by atoms with Crippen molar-refractivity contribution >= 4 is 27.9 Å². The van der Waals surface area contributed by atoms with Crippen molar-refractivity contribution in [3.05, 3.63) is 28.2 Å². The van der Waals surface area contributed by atoms with E-state index in [2.05, 4.69) is 21.2 Å². The van der Waals surface area contributed by atoms with Gasteiger partial charge in [-0.3, -0.25) is 4.79 Å². The Labute approximate surface area is 163 Å². The molecule has 1 heterocycles. The first-order valence-corrected chi connectivity index (χ1v) is 8.91. The second-order valence-electron chi connectivity index (χ2n) is 7.08. The quantitative estimate of drug-likeness (QED) is 0.757. The van der Waals surface area contributed by atoms with Crippen LogP contribution >= 0.6 is 15.9 Å². The van der Waals surface area contributed by atoms with Crippen LogP contribution in [0, 0.1) is 0 Å². The van der Waals surface area contributed by atoms with Gasteiger partial charge in [-0.25, -0.2) is 4.79 Å². The molecule has 0 bridgehead atoms. The predicted molar refractivity (Wildman–Crippen MR) is 94.4 cm³/mol. The van der Waals surface area contributed by atoms with Crippen LogP contribution in [0.2, 0.25) is 0 Å². The average Bonchev–Trinajstić information content (AvgIpc) is 2.46. The van der Waals surface area contributed by atoms with Crippen LogP contribution in [0.1, 0.15) is 26.3 Å². The first kappa shape index (κ1) is 21.3. The van der Waals surface area contributed by atoms with Gasteiger partial charge in [-0.1, -0.05) is 15.9 Å². The van der Waals surface area contributed by atoms with Gasteiger partial charge in [0.15, 0.2) is 6.61 Å². The summed E-state index contributed by atoms with van der Waals surface area (Å²) in [6.45, 7) is 5.45. The van der Waals surface area contributed by atoms with Gasteiger partial charge in [-0.15, -0.1) is 0 Å². The molecular formula is C17H20BrF3N2O4. The zero-order chi connectivity index (χ0) is 20.4. The number of rotatable bonds is 4. The van der Waals surface area contributed by atoms with Crippen molar-refractivity contribution in [3.63, 3.8) is 0 Å². The molecular weight excluding hydrogens is 433 g/mol. The number of halogens is 4. The molecule has 0 aromatic heterocycles. The minimum atomic E-state index is -4.53. The van der Waals surface area contributed by atoms with Crippen LogP contribution < -0.4 is 10.1 Å². The molecule has 2 rings (SSSR count). The summed E-state index contributed by atoms with van der Waals surface area (Å²) in [5, 5.41) is 2.65. The highest BCUT2D eigenvalue weighted by Crippen LogP contribution is 2.36. The van der Waals surface area contributed by atoms with Crippen LogP contribution in [0.25, 0.3) is 0 Å². The molecule has 0 atom stereocenters. The highest BCUT2D eigenvalue weighted by molar-refractivity contribution is 9.10. The lowest BCUT2D eigenvalue weighted by atomic mass is 10.1. The van der Waals surface area contributed by atoms with E-state index in [1.54, 1.807) is 20.8 Å². The third kappa shape index (κ3) is 6.30. The number of amides is 2. The molecule has 1 N–H and O–H groups in total. The monoisotopic (exact) mass is 452 g/mol. The number of ether oxygens (including phenoxy) is 2. The molecule has 1 aliphatic heterocycles. The highest BCUT2D eigenvalue weighted by atomic mass is 79.9. The summed E-state index contributed by atoms with van der Waals surface area (Å²) >= 11 is 2.83. The molecule has 1 aromatic rings. The van der Waals surface area contributed by atoms with Crippen LogP contribution in [0.5, 0.6) is 5.75 Å². The number of likely N-dealkylation sites (tertiary alicyclic amines) is 1. The van der Waals surface area contributed by atoms with Crippen molar-refractivity contribution in [2.45, 2.75) is 38.6 Å². The Morgan fingerprint density at radius 1 is 1.26 bits per heavy atom. The molecule has 1 aromatic carbocycles. The molecule has 10 heteroatoms. The van der Waals surface area contributed by atoms with E-state index in [9.17, 15) is 22.8 Å². The predicted octanol–water partition coefficient (Wildman–Crippen LogP) is 3.58. The summed E-state index contributed by atoms with van der Waals surface area (Å²) in [4.78, 5) is 25.1. The number of alkyl halides is 3. The average molecular weight is 453 g/mol. The molecule has 150 valence electrons. The van der Waals surface area contributed by atoms with Gasteiger partial charge in [0.05, 0.1) is 11.6 Å². The van der Waals surface area contributed by atoms with Crippen molar-refractivity contribution in [1.82, 2.24) is 10.2 Å². The smallest absolute Gasteiger partial charge is 0.417 e. The minimum absolute atomic E-state index is 0.0651. The Morgan fingerprint density at radius 2 is 1.89 bits per heavy atom. The third-order valence-electron chi connectivity index (χ3n) is 3.51. The molecule has 0 saturated carbocycles. The second-order valence-corrected chi connectivity index (χ2v) is 7.93. The van der Waals surface area contributed by atoms with Crippen molar-refractivity contribution in [2.24, 2.45) is 0 Å². The lowest BCUT2D eigenvalue weighted by Crippen LogP contribution is -2.62. The van der Waals surface area contributed by atoms with E-state index in [1.807, 2.05) is 0 Å². The van der Waals surface area contributed by atoms with Gasteiger partial charge in [0, 0.05) is 17.6 Å². The number of benzene rings is 1. The largest absolute Gasteiger partial charge is 0.484 e. The number of carbonyl (C=O) groups excluding carboxylic acids is 2. The summed E-state index contributed by atoms with van der Waals surface area (Å²) in [7, 11) is 0.